The Labute approximate surface area is 94.8 Å². The van der Waals surface area contributed by atoms with Crippen LogP contribution in [-0.4, -0.2) is 6.18 Å². The number of nitrogens with two attached hydrogens (primary N) is 1. The van der Waals surface area contributed by atoms with Crippen molar-refractivity contribution >= 4 is 12.4 Å². The summed E-state index contributed by atoms with van der Waals surface area (Å²) >= 11 is 0. The molecule has 0 aromatic heterocycles. The predicted octanol–water partition coefficient (Wildman–Crippen LogP) is 3.26. The monoisotopic (exact) mass is 261 g/mol. The van der Waals surface area contributed by atoms with E-state index in [9.17, 15) is 22.0 Å². The number of hydrogen-bond acceptors (Lipinski definition) is 1. The molecule has 0 aliphatic carbocycles. The third-order valence-electron chi connectivity index (χ3n) is 1.99. The number of halogens is 6. The van der Waals surface area contributed by atoms with Gasteiger partial charge in [0.25, 0.3) is 0 Å². The van der Waals surface area contributed by atoms with Gasteiger partial charge in [0.1, 0.15) is 6.04 Å². The first kappa shape index (κ1) is 15.1. The van der Waals surface area contributed by atoms with Crippen molar-refractivity contribution in [1.29, 1.82) is 0 Å². The number of rotatable bonds is 1. The molecule has 1 nitrogen and oxygen atoms in total. The molecule has 2 N–H and O–H groups in total. The molecule has 0 saturated carbocycles. The van der Waals surface area contributed by atoms with E-state index in [-0.39, 0.29) is 18.0 Å². The zero-order valence-corrected chi connectivity index (χ0v) is 8.92. The minimum absolute atomic E-state index is 0. The molecule has 7 heteroatoms. The van der Waals surface area contributed by atoms with Crippen LogP contribution >= 0.6 is 12.4 Å². The second kappa shape index (κ2) is 4.97. The quantitative estimate of drug-likeness (QED) is 0.772. The lowest BCUT2D eigenvalue weighted by atomic mass is 10.0. The van der Waals surface area contributed by atoms with Crippen LogP contribution in [0, 0.1) is 18.6 Å². The third kappa shape index (κ3) is 2.82. The summed E-state index contributed by atoms with van der Waals surface area (Å²) in [4.78, 5) is 0. The molecule has 0 bridgehead atoms. The lowest BCUT2D eigenvalue weighted by Gasteiger charge is -2.17. The lowest BCUT2D eigenvalue weighted by Crippen LogP contribution is -2.29. The summed E-state index contributed by atoms with van der Waals surface area (Å²) in [6.45, 7) is 1.25. The van der Waals surface area contributed by atoms with E-state index in [1.165, 1.54) is 6.92 Å². The summed E-state index contributed by atoms with van der Waals surface area (Å²) in [5.41, 5.74) is 3.81. The van der Waals surface area contributed by atoms with Crippen LogP contribution in [0.15, 0.2) is 12.1 Å². The molecule has 0 aliphatic heterocycles. The van der Waals surface area contributed by atoms with Crippen LogP contribution in [0.1, 0.15) is 17.2 Å². The van der Waals surface area contributed by atoms with Gasteiger partial charge in [-0.05, 0) is 12.5 Å². The number of benzene rings is 1. The molecule has 0 unspecified atom stereocenters. The molecule has 0 fully saturated rings. The van der Waals surface area contributed by atoms with Crippen LogP contribution in [0.25, 0.3) is 0 Å². The van der Waals surface area contributed by atoms with Crippen molar-refractivity contribution in [3.05, 3.63) is 34.9 Å². The number of alkyl halides is 3. The fourth-order valence-corrected chi connectivity index (χ4v) is 1.08. The van der Waals surface area contributed by atoms with Gasteiger partial charge in [0.15, 0.2) is 11.6 Å². The zero-order valence-electron chi connectivity index (χ0n) is 8.11. The van der Waals surface area contributed by atoms with Gasteiger partial charge in [-0.25, -0.2) is 8.78 Å². The molecule has 0 radical (unpaired) electrons. The number of hydrogen-bond donors (Lipinski definition) is 1. The Kier molecular flexibility index (Phi) is 4.69. The molecule has 16 heavy (non-hydrogen) atoms. The first-order valence-corrected chi connectivity index (χ1v) is 4.02. The Bertz CT molecular complexity index is 377. The number of aryl methyl sites for hydroxylation is 1. The Hall–Kier alpha value is -0.880. The largest absolute Gasteiger partial charge is 0.407 e. The van der Waals surface area contributed by atoms with Gasteiger partial charge >= 0.3 is 6.18 Å². The van der Waals surface area contributed by atoms with Crippen molar-refractivity contribution in [1.82, 2.24) is 0 Å². The summed E-state index contributed by atoms with van der Waals surface area (Å²) in [6, 6.07) is -0.613. The summed E-state index contributed by atoms with van der Waals surface area (Å²) < 4.78 is 62.4. The van der Waals surface area contributed by atoms with Gasteiger partial charge < -0.3 is 5.73 Å². The Morgan fingerprint density at radius 3 is 2.06 bits per heavy atom. The van der Waals surface area contributed by atoms with Crippen LogP contribution in [0.5, 0.6) is 0 Å². The summed E-state index contributed by atoms with van der Waals surface area (Å²) in [7, 11) is 0. The van der Waals surface area contributed by atoms with Gasteiger partial charge in [-0.15, -0.1) is 12.4 Å². The second-order valence-electron chi connectivity index (χ2n) is 3.12. The smallest absolute Gasteiger partial charge is 0.316 e. The second-order valence-corrected chi connectivity index (χ2v) is 3.12. The lowest BCUT2D eigenvalue weighted by molar-refractivity contribution is -0.149. The molecule has 92 valence electrons. The van der Waals surface area contributed by atoms with Crippen molar-refractivity contribution in [2.45, 2.75) is 19.1 Å². The molecule has 0 spiro atoms. The molecule has 0 saturated heterocycles. The molecule has 1 aromatic carbocycles. The molecular formula is C9H9ClF5N. The highest BCUT2D eigenvalue weighted by Crippen LogP contribution is 2.32. The maximum atomic E-state index is 13.1. The molecule has 1 atom stereocenters. The maximum absolute atomic E-state index is 13.1. The van der Waals surface area contributed by atoms with Crippen LogP contribution in [0.3, 0.4) is 0 Å². The first-order valence-electron chi connectivity index (χ1n) is 4.02. The Balaban J connectivity index is 0.00000225. The maximum Gasteiger partial charge on any atom is 0.407 e. The van der Waals surface area contributed by atoms with Crippen LogP contribution in [-0.2, 0) is 0 Å². The molecule has 0 heterocycles. The summed E-state index contributed by atoms with van der Waals surface area (Å²) in [6.07, 6.45) is -4.79. The fraction of sp³-hybridized carbons (Fsp3) is 0.333. The van der Waals surface area contributed by atoms with Crippen molar-refractivity contribution in [2.75, 3.05) is 0 Å². The van der Waals surface area contributed by atoms with Crippen molar-refractivity contribution < 1.29 is 22.0 Å². The van der Waals surface area contributed by atoms with Gasteiger partial charge in [-0.3, -0.25) is 0 Å². The predicted molar refractivity (Wildman–Crippen MR) is 51.3 cm³/mol. The van der Waals surface area contributed by atoms with Gasteiger partial charge in [0, 0.05) is 5.56 Å². The van der Waals surface area contributed by atoms with E-state index in [0.717, 1.165) is 12.1 Å². The first-order chi connectivity index (χ1) is 6.75. The van der Waals surface area contributed by atoms with Crippen LogP contribution < -0.4 is 5.73 Å². The molecule has 0 aliphatic rings. The summed E-state index contributed by atoms with van der Waals surface area (Å²) in [5, 5.41) is 0. The van der Waals surface area contributed by atoms with Crippen molar-refractivity contribution in [3.8, 4) is 0 Å². The van der Waals surface area contributed by atoms with Gasteiger partial charge in [0.05, 0.1) is 0 Å². The molecule has 1 rings (SSSR count). The summed E-state index contributed by atoms with van der Waals surface area (Å²) in [5.74, 6) is -2.84. The molecular weight excluding hydrogens is 253 g/mol. The van der Waals surface area contributed by atoms with E-state index in [4.69, 9.17) is 5.73 Å². The SMILES string of the molecule is Cc1ccc([C@H](N)C(F)(F)F)c(F)c1F.Cl. The average molecular weight is 262 g/mol. The van der Waals surface area contributed by atoms with E-state index >= 15 is 0 Å². The van der Waals surface area contributed by atoms with Crippen molar-refractivity contribution in [3.63, 3.8) is 0 Å². The zero-order chi connectivity index (χ0) is 11.8. The molecule has 1 aromatic rings. The van der Waals surface area contributed by atoms with Gasteiger partial charge in [-0.2, -0.15) is 13.2 Å². The average Bonchev–Trinajstić information content (AvgIpc) is 2.12. The minimum Gasteiger partial charge on any atom is -0.316 e. The van der Waals surface area contributed by atoms with E-state index in [1.54, 1.807) is 0 Å². The van der Waals surface area contributed by atoms with Crippen molar-refractivity contribution in [2.24, 2.45) is 5.73 Å². The topological polar surface area (TPSA) is 26.0 Å². The Morgan fingerprint density at radius 2 is 1.62 bits per heavy atom. The van der Waals surface area contributed by atoms with E-state index in [1.807, 2.05) is 0 Å². The highest BCUT2D eigenvalue weighted by Gasteiger charge is 2.39. The van der Waals surface area contributed by atoms with Crippen LogP contribution in [0.4, 0.5) is 22.0 Å². The highest BCUT2D eigenvalue weighted by molar-refractivity contribution is 5.85. The third-order valence-corrected chi connectivity index (χ3v) is 1.99. The van der Waals surface area contributed by atoms with Crippen LogP contribution in [0.2, 0.25) is 0 Å². The van der Waals surface area contributed by atoms with Gasteiger partial charge in [0.2, 0.25) is 0 Å². The van der Waals surface area contributed by atoms with Gasteiger partial charge in [-0.1, -0.05) is 12.1 Å². The van der Waals surface area contributed by atoms with E-state index in [2.05, 4.69) is 0 Å². The normalized spacial score (nSPS) is 13.2. The molecule has 0 amide bonds. The minimum atomic E-state index is -4.79. The highest BCUT2D eigenvalue weighted by atomic mass is 35.5. The van der Waals surface area contributed by atoms with E-state index < -0.39 is 29.4 Å². The van der Waals surface area contributed by atoms with E-state index in [0.29, 0.717) is 0 Å². The fourth-order valence-electron chi connectivity index (χ4n) is 1.08. The standard InChI is InChI=1S/C9H8F5N.ClH/c1-4-2-3-5(7(11)6(4)10)8(15)9(12,13)14;/h2-3,8H,15H2,1H3;1H/t8-;/m0./s1. The Morgan fingerprint density at radius 1 is 1.12 bits per heavy atom.